The van der Waals surface area contributed by atoms with Crippen LogP contribution in [0.25, 0.3) is 22.3 Å². The second-order valence-electron chi connectivity index (χ2n) is 7.77. The minimum absolute atomic E-state index is 0.0197. The van der Waals surface area contributed by atoms with Gasteiger partial charge in [-0.05, 0) is 25.0 Å². The van der Waals surface area contributed by atoms with Crippen LogP contribution in [0.3, 0.4) is 0 Å². The largest absolute Gasteiger partial charge is 0.493 e. The Balaban J connectivity index is 1.84. The van der Waals surface area contributed by atoms with Gasteiger partial charge in [0.15, 0.2) is 17.2 Å². The lowest BCUT2D eigenvalue weighted by atomic mass is 9.86. The van der Waals surface area contributed by atoms with E-state index in [1.165, 1.54) is 17.7 Å². The fourth-order valence-electron chi connectivity index (χ4n) is 4.52. The summed E-state index contributed by atoms with van der Waals surface area (Å²) >= 11 is 0. The van der Waals surface area contributed by atoms with Gasteiger partial charge >= 0.3 is 5.97 Å². The molecule has 160 valence electrons. The Kier molecular flexibility index (Phi) is 4.01. The highest BCUT2D eigenvalue weighted by Crippen LogP contribution is 2.41. The number of benzene rings is 1. The Morgan fingerprint density at radius 1 is 1.26 bits per heavy atom. The lowest BCUT2D eigenvalue weighted by Crippen LogP contribution is -2.44. The topological polar surface area (TPSA) is 90.7 Å². The van der Waals surface area contributed by atoms with Crippen LogP contribution >= 0.6 is 0 Å². The van der Waals surface area contributed by atoms with E-state index >= 15 is 0 Å². The van der Waals surface area contributed by atoms with Gasteiger partial charge in [-0.2, -0.15) is 4.39 Å². The van der Waals surface area contributed by atoms with Gasteiger partial charge in [0.1, 0.15) is 6.61 Å². The first-order valence-electron chi connectivity index (χ1n) is 9.75. The number of aryl methyl sites for hydroxylation is 1. The number of fused-ring (bicyclic) bond motifs is 5. The fraction of sp³-hybridized carbons (Fsp3) is 0.318. The van der Waals surface area contributed by atoms with Crippen LogP contribution in [0, 0.1) is 18.6 Å². The Labute approximate surface area is 174 Å². The van der Waals surface area contributed by atoms with Crippen molar-refractivity contribution in [1.82, 2.24) is 9.55 Å². The second-order valence-corrected chi connectivity index (χ2v) is 7.77. The van der Waals surface area contributed by atoms with E-state index in [4.69, 9.17) is 9.47 Å². The molecule has 3 aromatic rings. The summed E-state index contributed by atoms with van der Waals surface area (Å²) in [7, 11) is 1.23. The molecule has 2 aliphatic rings. The Morgan fingerprint density at radius 3 is 2.68 bits per heavy atom. The summed E-state index contributed by atoms with van der Waals surface area (Å²) in [5.74, 6) is -3.26. The summed E-state index contributed by atoms with van der Waals surface area (Å²) in [6.45, 7) is 3.13. The number of pyridine rings is 2. The van der Waals surface area contributed by atoms with Crippen molar-refractivity contribution in [2.24, 2.45) is 0 Å². The van der Waals surface area contributed by atoms with Gasteiger partial charge in [-0.25, -0.2) is 14.2 Å². The van der Waals surface area contributed by atoms with E-state index in [2.05, 4.69) is 4.98 Å². The zero-order chi connectivity index (χ0) is 22.2. The maximum atomic E-state index is 14.8. The second kappa shape index (κ2) is 6.34. The molecule has 9 heteroatoms. The van der Waals surface area contributed by atoms with Crippen LogP contribution in [0.2, 0.25) is 0 Å². The Hall–Kier alpha value is -3.33. The van der Waals surface area contributed by atoms with Gasteiger partial charge in [-0.3, -0.25) is 4.79 Å². The average molecular weight is 428 g/mol. The number of ether oxygens (including phenoxy) is 2. The summed E-state index contributed by atoms with van der Waals surface area (Å²) in [4.78, 5) is 29.9. The van der Waals surface area contributed by atoms with Crippen LogP contribution in [-0.4, -0.2) is 27.7 Å². The van der Waals surface area contributed by atoms with Crippen molar-refractivity contribution in [2.75, 3.05) is 7.11 Å². The minimum Gasteiger partial charge on any atom is -0.493 e. The first-order valence-corrected chi connectivity index (χ1v) is 9.75. The van der Waals surface area contributed by atoms with Gasteiger partial charge in [0.05, 0.1) is 36.1 Å². The number of hydrogen-bond donors (Lipinski definition) is 1. The van der Waals surface area contributed by atoms with E-state index in [9.17, 15) is 23.5 Å². The molecule has 0 saturated heterocycles. The standard InChI is InChI=1S/C22H18F2N2O5/c1-4-22(29)12-5-14-19-10(7-26(14)20(27)11(12)8-31-21(22)28)9(2)16-13(25-19)6-15(30-3)17(23)18(16)24/h5-6,29H,4,7-8H2,1-3H3/t22-/m0/s1. The number of hydrogen-bond acceptors (Lipinski definition) is 6. The number of rotatable bonds is 2. The van der Waals surface area contributed by atoms with Gasteiger partial charge in [-0.15, -0.1) is 0 Å². The highest BCUT2D eigenvalue weighted by Gasteiger charge is 2.45. The van der Waals surface area contributed by atoms with E-state index in [1.807, 2.05) is 0 Å². The maximum Gasteiger partial charge on any atom is 0.343 e. The average Bonchev–Trinajstić information content (AvgIpc) is 3.13. The lowest BCUT2D eigenvalue weighted by molar-refractivity contribution is -0.172. The predicted molar refractivity (Wildman–Crippen MR) is 106 cm³/mol. The van der Waals surface area contributed by atoms with Crippen molar-refractivity contribution in [3.05, 3.63) is 56.4 Å². The molecule has 5 rings (SSSR count). The molecule has 0 bridgehead atoms. The van der Waals surface area contributed by atoms with Crippen LogP contribution in [-0.2, 0) is 28.3 Å². The van der Waals surface area contributed by atoms with Crippen molar-refractivity contribution in [2.45, 2.75) is 39.0 Å². The minimum atomic E-state index is -1.94. The summed E-state index contributed by atoms with van der Waals surface area (Å²) in [5, 5.41) is 10.9. The Bertz CT molecular complexity index is 1380. The number of aromatic nitrogens is 2. The molecule has 0 unspecified atom stereocenters. The zero-order valence-electron chi connectivity index (χ0n) is 17.0. The van der Waals surface area contributed by atoms with Crippen LogP contribution in [0.4, 0.5) is 8.78 Å². The number of aliphatic hydroxyl groups is 1. The van der Waals surface area contributed by atoms with Crippen molar-refractivity contribution in [1.29, 1.82) is 0 Å². The molecule has 1 aromatic carbocycles. The Morgan fingerprint density at radius 2 is 2.00 bits per heavy atom. The van der Waals surface area contributed by atoms with Gasteiger partial charge in [0.2, 0.25) is 5.82 Å². The molecule has 1 atom stereocenters. The number of carbonyl (C=O) groups is 1. The molecule has 0 radical (unpaired) electrons. The molecule has 31 heavy (non-hydrogen) atoms. The highest BCUT2D eigenvalue weighted by atomic mass is 19.2. The number of nitrogens with zero attached hydrogens (tertiary/aromatic N) is 2. The van der Waals surface area contributed by atoms with E-state index < -0.39 is 28.8 Å². The molecule has 0 amide bonds. The normalized spacial score (nSPS) is 19.1. The quantitative estimate of drug-likeness (QED) is 0.494. The first-order chi connectivity index (χ1) is 14.7. The molecule has 2 aliphatic heterocycles. The third-order valence-electron chi connectivity index (χ3n) is 6.32. The number of carbonyl (C=O) groups excluding carboxylic acids is 1. The van der Waals surface area contributed by atoms with Crippen LogP contribution in [0.5, 0.6) is 5.75 Å². The van der Waals surface area contributed by atoms with Crippen LogP contribution in [0.1, 0.15) is 35.6 Å². The van der Waals surface area contributed by atoms with Crippen molar-refractivity contribution in [3.63, 3.8) is 0 Å². The number of halogens is 2. The van der Waals surface area contributed by atoms with E-state index in [0.717, 1.165) is 0 Å². The summed E-state index contributed by atoms with van der Waals surface area (Å²) in [5.41, 5.74) is 0.0492. The van der Waals surface area contributed by atoms with E-state index in [-0.39, 0.29) is 47.4 Å². The van der Waals surface area contributed by atoms with Gasteiger partial charge in [-0.1, -0.05) is 6.92 Å². The monoisotopic (exact) mass is 428 g/mol. The molecular weight excluding hydrogens is 410 g/mol. The SMILES string of the molecule is CC[C@@]1(O)C(=O)OCc2c1cc1n(c2=O)Cc2c-1nc1cc(OC)c(F)c(F)c1c2C. The van der Waals surface area contributed by atoms with Crippen LogP contribution < -0.4 is 10.3 Å². The first kappa shape index (κ1) is 19.6. The molecule has 1 N–H and O–H groups in total. The molecule has 0 aliphatic carbocycles. The summed E-state index contributed by atoms with van der Waals surface area (Å²) < 4.78 is 40.5. The maximum absolute atomic E-state index is 14.8. The molecule has 2 aromatic heterocycles. The molecular formula is C22H18F2N2O5. The molecule has 0 saturated carbocycles. The molecule has 0 spiro atoms. The van der Waals surface area contributed by atoms with Crippen molar-refractivity contribution >= 4 is 16.9 Å². The predicted octanol–water partition coefficient (Wildman–Crippen LogP) is 2.67. The van der Waals surface area contributed by atoms with Crippen molar-refractivity contribution in [3.8, 4) is 17.1 Å². The van der Waals surface area contributed by atoms with Gasteiger partial charge in [0.25, 0.3) is 5.56 Å². The summed E-state index contributed by atoms with van der Waals surface area (Å²) in [6, 6.07) is 2.88. The van der Waals surface area contributed by atoms with Crippen molar-refractivity contribution < 1.29 is 28.2 Å². The smallest absolute Gasteiger partial charge is 0.343 e. The third-order valence-corrected chi connectivity index (χ3v) is 6.32. The lowest BCUT2D eigenvalue weighted by Gasteiger charge is -2.31. The van der Waals surface area contributed by atoms with E-state index in [1.54, 1.807) is 19.9 Å². The summed E-state index contributed by atoms with van der Waals surface area (Å²) in [6.07, 6.45) is 0.0282. The third kappa shape index (κ3) is 2.38. The van der Waals surface area contributed by atoms with Gasteiger partial charge < -0.3 is 19.1 Å². The molecule has 4 heterocycles. The number of esters is 1. The fourth-order valence-corrected chi connectivity index (χ4v) is 4.52. The molecule has 7 nitrogen and oxygen atoms in total. The number of cyclic esters (lactones) is 1. The molecule has 0 fully saturated rings. The van der Waals surface area contributed by atoms with E-state index in [0.29, 0.717) is 22.5 Å². The highest BCUT2D eigenvalue weighted by molar-refractivity contribution is 5.90. The number of methoxy groups -OCH3 is 1. The zero-order valence-corrected chi connectivity index (χ0v) is 17.0. The van der Waals surface area contributed by atoms with Crippen LogP contribution in [0.15, 0.2) is 16.9 Å². The van der Waals surface area contributed by atoms with Gasteiger partial charge in [0, 0.05) is 22.6 Å².